The van der Waals surface area contributed by atoms with Crippen LogP contribution in [0.2, 0.25) is 0 Å². The summed E-state index contributed by atoms with van der Waals surface area (Å²) < 4.78 is 11.8. The van der Waals surface area contributed by atoms with Crippen LogP contribution in [0.5, 0.6) is 0 Å². The molecule has 0 spiro atoms. The number of rotatable bonds is 4. The number of fused-ring (bicyclic) bond motifs is 2. The molecule has 0 radical (unpaired) electrons. The zero-order valence-corrected chi connectivity index (χ0v) is 21.8. The van der Waals surface area contributed by atoms with E-state index in [1.54, 1.807) is 0 Å². The quantitative estimate of drug-likeness (QED) is 0.260. The van der Waals surface area contributed by atoms with Gasteiger partial charge in [-0.25, -0.2) is 9.97 Å². The zero-order valence-electron chi connectivity index (χ0n) is 21.8. The Hall–Kier alpha value is -3.92. The lowest BCUT2D eigenvalue weighted by molar-refractivity contribution is 0.584. The van der Waals surface area contributed by atoms with Crippen molar-refractivity contribution in [1.82, 2.24) is 9.97 Å². The van der Waals surface area contributed by atoms with Crippen LogP contribution in [-0.4, -0.2) is 9.97 Å². The van der Waals surface area contributed by atoms with E-state index in [2.05, 4.69) is 100 Å². The highest BCUT2D eigenvalue weighted by Crippen LogP contribution is 2.28. The first kappa shape index (κ1) is 23.8. The zero-order chi connectivity index (χ0) is 25.5. The van der Waals surface area contributed by atoms with Crippen LogP contribution in [0.4, 0.5) is 0 Å². The van der Waals surface area contributed by atoms with Gasteiger partial charge in [0.2, 0.25) is 11.8 Å². The predicted octanol–water partition coefficient (Wildman–Crippen LogP) is 8.90. The number of nitrogens with zero attached hydrogens (tertiary/aromatic N) is 2. The summed E-state index contributed by atoms with van der Waals surface area (Å²) in [6.45, 7) is 13.2. The molecule has 0 N–H and O–H groups in total. The lowest BCUT2D eigenvalue weighted by atomic mass is 9.87. The third kappa shape index (κ3) is 5.18. The van der Waals surface area contributed by atoms with E-state index in [0.29, 0.717) is 11.8 Å². The lowest BCUT2D eigenvalue weighted by Crippen LogP contribution is -2.10. The second kappa shape index (κ2) is 8.94. The van der Waals surface area contributed by atoms with Crippen LogP contribution in [0.15, 0.2) is 69.5 Å². The summed E-state index contributed by atoms with van der Waals surface area (Å²) in [5, 5.41) is 0. The Morgan fingerprint density at radius 3 is 1.28 bits per heavy atom. The summed E-state index contributed by atoms with van der Waals surface area (Å²) in [4.78, 5) is 9.27. The molecule has 0 saturated carbocycles. The van der Waals surface area contributed by atoms with Gasteiger partial charge in [-0.15, -0.1) is 0 Å². The molecule has 182 valence electrons. The molecule has 0 saturated heterocycles. The van der Waals surface area contributed by atoms with Gasteiger partial charge in [-0.3, -0.25) is 0 Å². The molecule has 0 aliphatic rings. The van der Waals surface area contributed by atoms with Gasteiger partial charge in [0.05, 0.1) is 0 Å². The Balaban J connectivity index is 1.28. The van der Waals surface area contributed by atoms with Crippen LogP contribution in [0.25, 0.3) is 46.5 Å². The van der Waals surface area contributed by atoms with E-state index in [9.17, 15) is 0 Å². The molecular formula is C32H32N2O2. The van der Waals surface area contributed by atoms with Gasteiger partial charge < -0.3 is 8.83 Å². The summed E-state index contributed by atoms with van der Waals surface area (Å²) in [6.07, 6.45) is 7.84. The maximum Gasteiger partial charge on any atom is 0.220 e. The highest BCUT2D eigenvalue weighted by atomic mass is 16.4. The molecule has 0 amide bonds. The first-order valence-corrected chi connectivity index (χ1v) is 12.3. The third-order valence-electron chi connectivity index (χ3n) is 6.31. The Morgan fingerprint density at radius 2 is 0.917 bits per heavy atom. The molecule has 36 heavy (non-hydrogen) atoms. The molecule has 0 aliphatic carbocycles. The van der Waals surface area contributed by atoms with Gasteiger partial charge in [-0.1, -0.05) is 77.9 Å². The number of hydrogen-bond acceptors (Lipinski definition) is 4. The standard InChI is InChI=1S/C32H32N2O2/c1-31(2,3)23-13-15-27-25(19-23)33-29(35-27)17-11-21-7-9-22(10-8-21)12-18-30-34-26-20-24(32(4,5)6)14-16-28(26)36-30/h7-20H,1-6H3/b17-11+,18-12+. The van der Waals surface area contributed by atoms with Crippen molar-refractivity contribution in [2.45, 2.75) is 52.4 Å². The van der Waals surface area contributed by atoms with Gasteiger partial charge in [0.15, 0.2) is 11.2 Å². The van der Waals surface area contributed by atoms with Gasteiger partial charge >= 0.3 is 0 Å². The van der Waals surface area contributed by atoms with Crippen molar-refractivity contribution < 1.29 is 8.83 Å². The smallest absolute Gasteiger partial charge is 0.220 e. The molecule has 5 aromatic rings. The number of hydrogen-bond donors (Lipinski definition) is 0. The van der Waals surface area contributed by atoms with Crippen LogP contribution in [-0.2, 0) is 10.8 Å². The molecule has 0 unspecified atom stereocenters. The molecule has 2 aromatic heterocycles. The van der Waals surface area contributed by atoms with Crippen molar-refractivity contribution in [2.75, 3.05) is 0 Å². The van der Waals surface area contributed by atoms with E-state index in [-0.39, 0.29) is 10.8 Å². The Kier molecular flexibility index (Phi) is 5.91. The van der Waals surface area contributed by atoms with Crippen LogP contribution in [0.3, 0.4) is 0 Å². The number of aromatic nitrogens is 2. The number of benzene rings is 3. The van der Waals surface area contributed by atoms with Crippen LogP contribution in [0, 0.1) is 0 Å². The fraction of sp³-hybridized carbons (Fsp3) is 0.250. The van der Waals surface area contributed by atoms with Crippen molar-refractivity contribution in [1.29, 1.82) is 0 Å². The van der Waals surface area contributed by atoms with E-state index < -0.39 is 0 Å². The van der Waals surface area contributed by atoms with E-state index in [0.717, 1.165) is 33.3 Å². The molecule has 0 atom stereocenters. The minimum Gasteiger partial charge on any atom is -0.437 e. The average molecular weight is 477 g/mol. The van der Waals surface area contributed by atoms with Crippen molar-refractivity contribution in [3.63, 3.8) is 0 Å². The SMILES string of the molecule is CC(C)(C)c1ccc2oc(/C=C/c3ccc(/C=C/c4nc5cc(C(C)(C)C)ccc5o4)cc3)nc2c1. The average Bonchev–Trinajstić information content (AvgIpc) is 3.43. The Bertz CT molecular complexity index is 1460. The molecular weight excluding hydrogens is 444 g/mol. The maximum atomic E-state index is 5.89. The second-order valence-electron chi connectivity index (χ2n) is 11.3. The van der Waals surface area contributed by atoms with Gasteiger partial charge in [0, 0.05) is 12.2 Å². The molecule has 3 aromatic carbocycles. The molecule has 4 heteroatoms. The molecule has 0 bridgehead atoms. The molecule has 0 aliphatic heterocycles. The fourth-order valence-corrected chi connectivity index (χ4v) is 4.02. The summed E-state index contributed by atoms with van der Waals surface area (Å²) in [5.41, 5.74) is 8.17. The molecule has 5 rings (SSSR count). The van der Waals surface area contributed by atoms with Crippen molar-refractivity contribution >= 4 is 46.5 Å². The van der Waals surface area contributed by atoms with E-state index in [1.165, 1.54) is 11.1 Å². The molecule has 2 heterocycles. The minimum atomic E-state index is 0.0790. The lowest BCUT2D eigenvalue weighted by Gasteiger charge is -2.18. The van der Waals surface area contributed by atoms with Crippen molar-refractivity contribution in [3.8, 4) is 0 Å². The third-order valence-corrected chi connectivity index (χ3v) is 6.31. The summed E-state index contributed by atoms with van der Waals surface area (Å²) in [7, 11) is 0. The first-order chi connectivity index (χ1) is 17.0. The highest BCUT2D eigenvalue weighted by Gasteiger charge is 2.16. The fourth-order valence-electron chi connectivity index (χ4n) is 4.02. The van der Waals surface area contributed by atoms with Crippen LogP contribution in [0.1, 0.15) is 75.6 Å². The van der Waals surface area contributed by atoms with E-state index >= 15 is 0 Å². The predicted molar refractivity (Wildman–Crippen MR) is 150 cm³/mol. The monoisotopic (exact) mass is 476 g/mol. The summed E-state index contributed by atoms with van der Waals surface area (Å²) >= 11 is 0. The molecule has 4 nitrogen and oxygen atoms in total. The van der Waals surface area contributed by atoms with E-state index in [4.69, 9.17) is 8.83 Å². The van der Waals surface area contributed by atoms with Gasteiger partial charge in [0.25, 0.3) is 0 Å². The van der Waals surface area contributed by atoms with Gasteiger partial charge in [0.1, 0.15) is 11.0 Å². The second-order valence-corrected chi connectivity index (χ2v) is 11.3. The number of oxazole rings is 2. The van der Waals surface area contributed by atoms with Crippen molar-refractivity contribution in [2.24, 2.45) is 0 Å². The Labute approximate surface area is 212 Å². The van der Waals surface area contributed by atoms with E-state index in [1.807, 2.05) is 36.4 Å². The highest BCUT2D eigenvalue weighted by molar-refractivity contribution is 5.78. The maximum absolute atomic E-state index is 5.89. The topological polar surface area (TPSA) is 52.1 Å². The summed E-state index contributed by atoms with van der Waals surface area (Å²) in [6, 6.07) is 20.7. The van der Waals surface area contributed by atoms with Gasteiger partial charge in [-0.05, 0) is 69.5 Å². The van der Waals surface area contributed by atoms with Crippen molar-refractivity contribution in [3.05, 3.63) is 94.7 Å². The Morgan fingerprint density at radius 1 is 0.528 bits per heavy atom. The first-order valence-electron chi connectivity index (χ1n) is 12.3. The largest absolute Gasteiger partial charge is 0.437 e. The normalized spacial score (nSPS) is 13.1. The van der Waals surface area contributed by atoms with Crippen LogP contribution < -0.4 is 0 Å². The summed E-state index contributed by atoms with van der Waals surface area (Å²) in [5.74, 6) is 1.20. The molecule has 0 fully saturated rings. The minimum absolute atomic E-state index is 0.0790. The van der Waals surface area contributed by atoms with Gasteiger partial charge in [-0.2, -0.15) is 0 Å². The van der Waals surface area contributed by atoms with Crippen LogP contribution >= 0.6 is 0 Å².